The number of benzene rings is 2. The zero-order valence-corrected chi connectivity index (χ0v) is 45.1. The van der Waals surface area contributed by atoms with Gasteiger partial charge in [0.25, 0.3) is 0 Å². The molecule has 0 aliphatic carbocycles. The molecule has 0 saturated carbocycles. The number of carboxylic acid groups (broad SMARTS) is 2. The van der Waals surface area contributed by atoms with E-state index in [1.807, 2.05) is 27.7 Å². The predicted octanol–water partition coefficient (Wildman–Crippen LogP) is -1.24. The molecule has 68 heavy (non-hydrogen) atoms. The van der Waals surface area contributed by atoms with Crippen molar-refractivity contribution in [2.75, 3.05) is 35.2 Å². The molecule has 4 atom stereocenters. The summed E-state index contributed by atoms with van der Waals surface area (Å²) in [5.41, 5.74) is 3.52. The molecule has 24 heteroatoms. The second kappa shape index (κ2) is 27.8. The second-order valence-corrected chi connectivity index (χ2v) is 19.9. The van der Waals surface area contributed by atoms with Gasteiger partial charge in [-0.05, 0) is 60.4 Å². The molecule has 0 bridgehead atoms. The van der Waals surface area contributed by atoms with Crippen molar-refractivity contribution in [2.45, 2.75) is 89.6 Å². The Balaban J connectivity index is 0.000000661. The predicted molar refractivity (Wildman–Crippen MR) is 246 cm³/mol. The van der Waals surface area contributed by atoms with Gasteiger partial charge in [0.1, 0.15) is 11.6 Å². The van der Waals surface area contributed by atoms with E-state index in [0.29, 0.717) is 45.0 Å². The van der Waals surface area contributed by atoms with Crippen LogP contribution in [0.5, 0.6) is 0 Å². The Labute approximate surface area is 447 Å². The molecular formula is C44H54CaF2N6NaO12S2+. The van der Waals surface area contributed by atoms with Gasteiger partial charge in [0.05, 0.1) is 59.7 Å². The van der Waals surface area contributed by atoms with Crippen LogP contribution in [0.4, 0.5) is 20.7 Å². The zero-order chi connectivity index (χ0) is 49.8. The molecule has 2 unspecified atom stereocenters. The number of aliphatic hydroxyl groups excluding tert-OH is 4. The Morgan fingerprint density at radius 1 is 0.618 bits per heavy atom. The first-order chi connectivity index (χ1) is 30.6. The molecule has 0 aliphatic heterocycles. The minimum Gasteiger partial charge on any atom is -0.550 e. The average molecular weight is 1020 g/mol. The molecule has 0 saturated heterocycles. The number of hydrogen-bond donors (Lipinski definition) is 4. The second-order valence-electron chi connectivity index (χ2n) is 15.9. The number of aliphatic hydroxyl groups is 4. The van der Waals surface area contributed by atoms with Crippen molar-refractivity contribution in [3.63, 3.8) is 0 Å². The number of hydrogen-bond acceptors (Lipinski definition) is 16. The smallest absolute Gasteiger partial charge is 0.550 e. The summed E-state index contributed by atoms with van der Waals surface area (Å²) in [5, 5.41) is 61.1. The number of sulfonamides is 2. The Kier molecular flexibility index (Phi) is 25.5. The number of carboxylic acids is 2. The number of aromatic nitrogens is 4. The third-order valence-electron chi connectivity index (χ3n) is 9.62. The summed E-state index contributed by atoms with van der Waals surface area (Å²) in [7, 11) is -4.67. The fourth-order valence-electron chi connectivity index (χ4n) is 6.07. The Bertz CT molecular complexity index is 2430. The summed E-state index contributed by atoms with van der Waals surface area (Å²) >= 11 is 0. The maximum Gasteiger partial charge on any atom is 2.00 e. The molecule has 4 rings (SSSR count). The summed E-state index contributed by atoms with van der Waals surface area (Å²) in [4.78, 5) is 38.9. The van der Waals surface area contributed by atoms with E-state index in [2.05, 4.69) is 19.9 Å². The third kappa shape index (κ3) is 19.3. The third-order valence-corrected chi connectivity index (χ3v) is 11.9. The fourth-order valence-corrected chi connectivity index (χ4v) is 6.83. The van der Waals surface area contributed by atoms with Gasteiger partial charge >= 0.3 is 67.3 Å². The number of rotatable bonds is 20. The van der Waals surface area contributed by atoms with Crippen LogP contribution in [0.25, 0.3) is 34.7 Å². The summed E-state index contributed by atoms with van der Waals surface area (Å²) in [5.74, 6) is -4.28. The van der Waals surface area contributed by atoms with Crippen LogP contribution in [0, 0.1) is 11.6 Å². The van der Waals surface area contributed by atoms with E-state index in [4.69, 9.17) is 0 Å². The Morgan fingerprint density at radius 2 is 0.912 bits per heavy atom. The fraction of sp³-hybridized carbons (Fsp3) is 0.409. The van der Waals surface area contributed by atoms with Crippen LogP contribution in [0.1, 0.15) is 87.7 Å². The van der Waals surface area contributed by atoms with Crippen molar-refractivity contribution in [1.29, 1.82) is 0 Å². The van der Waals surface area contributed by atoms with Crippen LogP contribution in [-0.2, 0) is 29.6 Å². The molecule has 4 aromatic rings. The molecule has 4 N–H and O–H groups in total. The minimum atomic E-state index is -3.66. The van der Waals surface area contributed by atoms with Gasteiger partial charge in [-0.15, -0.1) is 0 Å². The standard InChI is InChI=1S/2C22H28FN3O6S.Ca.Na/c2*1-13(2)20-18(10-9-16(27)11-17(28)12-19(29)30)21(14-5-7-15(23)8-6-14)25-22(24-20)26(3)33(4,31)32;;/h2*5-10,13,16-17,27-28H,11-12H2,1-4H3,(H,29,30);;/q;;+2;+1/p-2/b2*10-9+;;/t2*16?,17-;;/m11../s1. The van der Waals surface area contributed by atoms with Gasteiger partial charge in [-0.1, -0.05) is 52.0 Å². The van der Waals surface area contributed by atoms with Crippen molar-refractivity contribution >= 4 is 93.8 Å². The Hall–Kier alpha value is -3.52. The summed E-state index contributed by atoms with van der Waals surface area (Å²) in [6.07, 6.45) is 1.16. The normalized spacial score (nSPS) is 13.5. The van der Waals surface area contributed by atoms with E-state index in [0.717, 1.165) is 21.1 Å². The van der Waals surface area contributed by atoms with Crippen LogP contribution in [0.2, 0.25) is 0 Å². The average Bonchev–Trinajstić information content (AvgIpc) is 3.20. The monoisotopic (exact) mass is 1020 g/mol. The molecule has 0 aliphatic rings. The minimum absolute atomic E-state index is 0. The van der Waals surface area contributed by atoms with E-state index in [9.17, 15) is 65.8 Å². The van der Waals surface area contributed by atoms with Crippen molar-refractivity contribution in [3.05, 3.63) is 94.8 Å². The number of halogens is 2. The van der Waals surface area contributed by atoms with Gasteiger partial charge in [-0.25, -0.2) is 54.2 Å². The van der Waals surface area contributed by atoms with Crippen LogP contribution < -0.4 is 48.4 Å². The molecule has 360 valence electrons. The summed E-state index contributed by atoms with van der Waals surface area (Å²) in [6, 6.07) is 10.9. The first-order valence-corrected chi connectivity index (χ1v) is 24.0. The van der Waals surface area contributed by atoms with Crippen LogP contribution in [0.3, 0.4) is 0 Å². The van der Waals surface area contributed by atoms with Gasteiger partial charge in [0.15, 0.2) is 0 Å². The molecule has 0 spiro atoms. The molecule has 0 fully saturated rings. The van der Waals surface area contributed by atoms with E-state index >= 15 is 0 Å². The van der Waals surface area contributed by atoms with Gasteiger partial charge in [0.2, 0.25) is 31.9 Å². The van der Waals surface area contributed by atoms with E-state index < -0.39 is 80.9 Å². The van der Waals surface area contributed by atoms with Crippen LogP contribution >= 0.6 is 0 Å². The maximum absolute atomic E-state index is 13.5. The van der Waals surface area contributed by atoms with Crippen LogP contribution in [-0.4, -0.2) is 158 Å². The molecule has 2 aromatic heterocycles. The number of anilines is 2. The van der Waals surface area contributed by atoms with Gasteiger partial charge < -0.3 is 40.2 Å². The largest absolute Gasteiger partial charge is 2.00 e. The number of carbonyl (C=O) groups is 2. The van der Waals surface area contributed by atoms with Gasteiger partial charge in [0, 0.05) is 74.0 Å². The molecule has 0 amide bonds. The molecule has 0 radical (unpaired) electrons. The summed E-state index contributed by atoms with van der Waals surface area (Å²) in [6.45, 7) is 7.38. The van der Waals surface area contributed by atoms with E-state index in [1.165, 1.54) is 86.9 Å². The molecule has 2 aromatic carbocycles. The Morgan fingerprint density at radius 3 is 1.16 bits per heavy atom. The van der Waals surface area contributed by atoms with Crippen molar-refractivity contribution < 1.29 is 95.4 Å². The number of aliphatic carboxylic acids is 2. The topological polar surface area (TPSA) is 287 Å². The van der Waals surface area contributed by atoms with Gasteiger partial charge in [-0.2, -0.15) is 0 Å². The number of carbonyl (C=O) groups excluding carboxylic acids is 2. The SMILES string of the molecule is CC(C)c1nc(N(C)S(C)(=O)=O)nc(-c2ccc(F)cc2)c1/C=C/C(O)C[C@@H](O)CC(=O)[O-].CC(C)c1nc(N(C)S(C)(=O)=O)nc(-c2ccc(F)cc2)c1/C=C/C(O)C[C@@H](O)CC(=O)[O-].[Ca+2].[Na+]. The van der Waals surface area contributed by atoms with E-state index in [1.54, 1.807) is 0 Å². The van der Waals surface area contributed by atoms with Crippen molar-refractivity contribution in [3.8, 4) is 22.5 Å². The zero-order valence-electron chi connectivity index (χ0n) is 39.2. The van der Waals surface area contributed by atoms with Gasteiger partial charge in [-0.3, -0.25) is 0 Å². The summed E-state index contributed by atoms with van der Waals surface area (Å²) < 4.78 is 77.1. The molecule has 18 nitrogen and oxygen atoms in total. The van der Waals surface area contributed by atoms with E-state index in [-0.39, 0.29) is 104 Å². The molecular weight excluding hydrogens is 970 g/mol. The van der Waals surface area contributed by atoms with Crippen molar-refractivity contribution in [2.24, 2.45) is 0 Å². The number of nitrogens with zero attached hydrogens (tertiary/aromatic N) is 6. The molecule has 2 heterocycles. The first kappa shape index (κ1) is 62.5. The van der Waals surface area contributed by atoms with Crippen LogP contribution in [0.15, 0.2) is 60.7 Å². The van der Waals surface area contributed by atoms with Crippen molar-refractivity contribution in [1.82, 2.24) is 19.9 Å². The quantitative estimate of drug-likeness (QED) is 0.0753. The first-order valence-electron chi connectivity index (χ1n) is 20.3. The maximum atomic E-state index is 13.5.